The van der Waals surface area contributed by atoms with Crippen molar-refractivity contribution in [3.05, 3.63) is 42.0 Å². The van der Waals surface area contributed by atoms with Crippen molar-refractivity contribution in [1.82, 2.24) is 25.4 Å². The Balaban J connectivity index is 1.88. The molecule has 1 unspecified atom stereocenters. The first-order valence-corrected chi connectivity index (χ1v) is 10.2. The maximum Gasteiger partial charge on any atom is 0.191 e. The Labute approximate surface area is 168 Å². The molecule has 0 aliphatic carbocycles. The van der Waals surface area contributed by atoms with Crippen LogP contribution in [0.5, 0.6) is 5.75 Å². The van der Waals surface area contributed by atoms with Crippen LogP contribution in [-0.2, 0) is 13.1 Å². The molecule has 0 aliphatic heterocycles. The molecule has 2 N–H and O–H groups in total. The second kappa shape index (κ2) is 12.0. The molecule has 0 bridgehead atoms. The van der Waals surface area contributed by atoms with Gasteiger partial charge in [0.15, 0.2) is 5.96 Å². The Kier molecular flexibility index (Phi) is 9.31. The van der Waals surface area contributed by atoms with Crippen LogP contribution in [0.1, 0.15) is 51.2 Å². The van der Waals surface area contributed by atoms with Gasteiger partial charge in [0.1, 0.15) is 18.4 Å². The summed E-state index contributed by atoms with van der Waals surface area (Å²) >= 11 is 0. The minimum Gasteiger partial charge on any atom is -0.490 e. The standard InChI is InChI=1S/C21H34N6O/c1-5-18(4)28-20-13-17(3)9-10-19(20)14-24-21(22-6-2)23-11-7-8-12-27-15-25-26-16-27/h9-10,13,15-16,18H,5-8,11-12,14H2,1-4H3,(H2,22,23,24). The van der Waals surface area contributed by atoms with E-state index in [2.05, 4.69) is 66.7 Å². The third-order valence-electron chi connectivity index (χ3n) is 4.48. The SMILES string of the molecule is CCNC(=NCc1ccc(C)cc1OC(C)CC)NCCCCn1cnnc1. The van der Waals surface area contributed by atoms with Crippen LogP contribution in [0.4, 0.5) is 0 Å². The molecule has 2 aromatic rings. The van der Waals surface area contributed by atoms with Crippen molar-refractivity contribution in [2.75, 3.05) is 13.1 Å². The van der Waals surface area contributed by atoms with E-state index in [0.29, 0.717) is 6.54 Å². The van der Waals surface area contributed by atoms with Gasteiger partial charge in [0.05, 0.1) is 12.6 Å². The molecule has 154 valence electrons. The van der Waals surface area contributed by atoms with Gasteiger partial charge in [-0.25, -0.2) is 4.99 Å². The highest BCUT2D eigenvalue weighted by Gasteiger charge is 2.08. The summed E-state index contributed by atoms with van der Waals surface area (Å²) in [6.07, 6.45) is 6.79. The number of ether oxygens (including phenoxy) is 1. The van der Waals surface area contributed by atoms with Crippen LogP contribution < -0.4 is 15.4 Å². The molecule has 2 rings (SSSR count). The van der Waals surface area contributed by atoms with Gasteiger partial charge in [0.25, 0.3) is 0 Å². The van der Waals surface area contributed by atoms with Crippen molar-refractivity contribution in [1.29, 1.82) is 0 Å². The highest BCUT2D eigenvalue weighted by atomic mass is 16.5. The smallest absolute Gasteiger partial charge is 0.191 e. The fraction of sp³-hybridized carbons (Fsp3) is 0.571. The number of guanidine groups is 1. The Bertz CT molecular complexity index is 714. The van der Waals surface area contributed by atoms with Gasteiger partial charge in [-0.1, -0.05) is 19.1 Å². The van der Waals surface area contributed by atoms with E-state index in [1.54, 1.807) is 12.7 Å². The summed E-state index contributed by atoms with van der Waals surface area (Å²) in [5, 5.41) is 14.4. The Hall–Kier alpha value is -2.57. The Morgan fingerprint density at radius 3 is 2.68 bits per heavy atom. The number of aryl methyl sites for hydroxylation is 2. The van der Waals surface area contributed by atoms with Gasteiger partial charge in [0, 0.05) is 25.2 Å². The van der Waals surface area contributed by atoms with Crippen LogP contribution in [0.25, 0.3) is 0 Å². The van der Waals surface area contributed by atoms with Crippen LogP contribution in [0.2, 0.25) is 0 Å². The molecule has 0 saturated heterocycles. The number of benzene rings is 1. The monoisotopic (exact) mass is 386 g/mol. The maximum absolute atomic E-state index is 6.09. The van der Waals surface area contributed by atoms with Gasteiger partial charge < -0.3 is 19.9 Å². The number of aromatic nitrogens is 3. The molecule has 0 radical (unpaired) electrons. The molecule has 1 atom stereocenters. The van der Waals surface area contributed by atoms with Crippen molar-refractivity contribution in [2.24, 2.45) is 4.99 Å². The maximum atomic E-state index is 6.09. The van der Waals surface area contributed by atoms with Crippen LogP contribution in [0.3, 0.4) is 0 Å². The van der Waals surface area contributed by atoms with E-state index in [1.807, 2.05) is 4.57 Å². The topological polar surface area (TPSA) is 76.4 Å². The summed E-state index contributed by atoms with van der Waals surface area (Å²) in [7, 11) is 0. The van der Waals surface area contributed by atoms with Crippen LogP contribution in [-0.4, -0.2) is 39.9 Å². The number of nitrogens with zero attached hydrogens (tertiary/aromatic N) is 4. The lowest BCUT2D eigenvalue weighted by molar-refractivity contribution is 0.215. The Morgan fingerprint density at radius 1 is 1.18 bits per heavy atom. The molecule has 7 nitrogen and oxygen atoms in total. The first-order valence-electron chi connectivity index (χ1n) is 10.2. The number of unbranched alkanes of at least 4 members (excludes halogenated alkanes) is 1. The van der Waals surface area contributed by atoms with E-state index in [-0.39, 0.29) is 6.10 Å². The van der Waals surface area contributed by atoms with Crippen molar-refractivity contribution in [3.8, 4) is 5.75 Å². The molecule has 0 spiro atoms. The van der Waals surface area contributed by atoms with Gasteiger partial charge in [-0.05, 0) is 51.7 Å². The van der Waals surface area contributed by atoms with E-state index in [4.69, 9.17) is 9.73 Å². The predicted molar refractivity (Wildman–Crippen MR) is 114 cm³/mol. The lowest BCUT2D eigenvalue weighted by Crippen LogP contribution is -2.37. The lowest BCUT2D eigenvalue weighted by Gasteiger charge is -2.17. The fourth-order valence-electron chi connectivity index (χ4n) is 2.67. The zero-order chi connectivity index (χ0) is 20.2. The Morgan fingerprint density at radius 2 is 1.96 bits per heavy atom. The number of nitrogens with one attached hydrogen (secondary N) is 2. The van der Waals surface area contributed by atoms with E-state index < -0.39 is 0 Å². The largest absolute Gasteiger partial charge is 0.490 e. The summed E-state index contributed by atoms with van der Waals surface area (Å²) in [6, 6.07) is 6.32. The number of hydrogen-bond donors (Lipinski definition) is 2. The van der Waals surface area contributed by atoms with Crippen LogP contribution >= 0.6 is 0 Å². The summed E-state index contributed by atoms with van der Waals surface area (Å²) in [5.41, 5.74) is 2.31. The third-order valence-corrected chi connectivity index (χ3v) is 4.48. The average molecular weight is 387 g/mol. The van der Waals surface area contributed by atoms with Crippen molar-refractivity contribution in [2.45, 2.75) is 66.2 Å². The molecule has 28 heavy (non-hydrogen) atoms. The van der Waals surface area contributed by atoms with Crippen molar-refractivity contribution < 1.29 is 4.74 Å². The second-order valence-electron chi connectivity index (χ2n) is 6.98. The molecule has 0 amide bonds. The number of hydrogen-bond acceptors (Lipinski definition) is 4. The predicted octanol–water partition coefficient (Wildman–Crippen LogP) is 3.30. The fourth-order valence-corrected chi connectivity index (χ4v) is 2.67. The molecule has 0 fully saturated rings. The first-order chi connectivity index (χ1) is 13.6. The van der Waals surface area contributed by atoms with E-state index >= 15 is 0 Å². The van der Waals surface area contributed by atoms with Crippen LogP contribution in [0.15, 0.2) is 35.8 Å². The van der Waals surface area contributed by atoms with E-state index in [9.17, 15) is 0 Å². The summed E-state index contributed by atoms with van der Waals surface area (Å²) in [4.78, 5) is 4.74. The molecule has 0 saturated carbocycles. The van der Waals surface area contributed by atoms with Crippen molar-refractivity contribution in [3.63, 3.8) is 0 Å². The quantitative estimate of drug-likeness (QED) is 0.352. The van der Waals surface area contributed by atoms with Crippen molar-refractivity contribution >= 4 is 5.96 Å². The summed E-state index contributed by atoms with van der Waals surface area (Å²) < 4.78 is 8.09. The molecule has 0 aliphatic rings. The molecular formula is C21H34N6O. The number of rotatable bonds is 11. The van der Waals surface area contributed by atoms with Crippen LogP contribution in [0, 0.1) is 6.92 Å². The summed E-state index contributed by atoms with van der Waals surface area (Å²) in [5.74, 6) is 1.77. The summed E-state index contributed by atoms with van der Waals surface area (Å²) in [6.45, 7) is 11.6. The second-order valence-corrected chi connectivity index (χ2v) is 6.98. The normalized spacial score (nSPS) is 12.6. The lowest BCUT2D eigenvalue weighted by atomic mass is 10.1. The van der Waals surface area contributed by atoms with Gasteiger partial charge in [-0.2, -0.15) is 0 Å². The zero-order valence-corrected chi connectivity index (χ0v) is 17.6. The molecule has 1 heterocycles. The highest BCUT2D eigenvalue weighted by molar-refractivity contribution is 5.79. The zero-order valence-electron chi connectivity index (χ0n) is 17.6. The molecule has 1 aromatic heterocycles. The van der Waals surface area contributed by atoms with E-state index in [1.165, 1.54) is 5.56 Å². The van der Waals surface area contributed by atoms with Gasteiger partial charge >= 0.3 is 0 Å². The number of aliphatic imine (C=N–C) groups is 1. The van der Waals surface area contributed by atoms with Gasteiger partial charge in [0.2, 0.25) is 0 Å². The molecular weight excluding hydrogens is 352 g/mol. The van der Waals surface area contributed by atoms with E-state index in [0.717, 1.165) is 56.2 Å². The average Bonchev–Trinajstić information content (AvgIpc) is 3.20. The molecule has 7 heteroatoms. The molecule has 1 aromatic carbocycles. The van der Waals surface area contributed by atoms with Gasteiger partial charge in [-0.15, -0.1) is 10.2 Å². The third kappa shape index (κ3) is 7.58. The highest BCUT2D eigenvalue weighted by Crippen LogP contribution is 2.23. The first kappa shape index (κ1) is 21.7. The van der Waals surface area contributed by atoms with Gasteiger partial charge in [-0.3, -0.25) is 0 Å². The minimum atomic E-state index is 0.196. The minimum absolute atomic E-state index is 0.196.